The van der Waals surface area contributed by atoms with Gasteiger partial charge in [-0.1, -0.05) is 86.5 Å². The fourth-order valence-corrected chi connectivity index (χ4v) is 4.71. The fraction of sp³-hybridized carbons (Fsp3) is 0.333. The van der Waals surface area contributed by atoms with Crippen LogP contribution in [0.15, 0.2) is 77.3 Å². The summed E-state index contributed by atoms with van der Waals surface area (Å²) in [5.41, 5.74) is 2.90. The van der Waals surface area contributed by atoms with Crippen LogP contribution in [0.1, 0.15) is 43.4 Å². The molecule has 0 saturated heterocycles. The van der Waals surface area contributed by atoms with Crippen LogP contribution >= 0.6 is 27.5 Å². The van der Waals surface area contributed by atoms with E-state index in [0.29, 0.717) is 23.7 Å². The van der Waals surface area contributed by atoms with Gasteiger partial charge in [-0.15, -0.1) is 0 Å². The third kappa shape index (κ3) is 8.61. The first-order valence-corrected chi connectivity index (χ1v) is 13.9. The largest absolute Gasteiger partial charge is 0.483 e. The maximum atomic E-state index is 13.7. The molecular weight excluding hydrogens is 552 g/mol. The first kappa shape index (κ1) is 28.7. The summed E-state index contributed by atoms with van der Waals surface area (Å²) in [5.74, 6) is 0.0967. The van der Waals surface area contributed by atoms with Crippen LogP contribution in [0, 0.1) is 0 Å². The van der Waals surface area contributed by atoms with Gasteiger partial charge in [-0.2, -0.15) is 0 Å². The molecule has 1 N–H and O–H groups in total. The van der Waals surface area contributed by atoms with Gasteiger partial charge in [0.05, 0.1) is 4.47 Å². The number of carbonyl (C=O) groups is 2. The average Bonchev–Trinajstić information content (AvgIpc) is 2.91. The molecule has 7 heteroatoms. The van der Waals surface area contributed by atoms with Gasteiger partial charge < -0.3 is 15.0 Å². The molecule has 1 atom stereocenters. The standard InChI is InChI=1S/C30H34BrClN2O3/c1-3-5-17-33-30(36)27(19-23-11-7-6-8-12-23)34(20-24-13-9-10-14-26(24)32)29(35)21-37-28-16-15-22(4-2)18-25(28)31/h6-16,18,27H,3-5,17,19-21H2,1-2H3,(H,33,36)/t27-/m1/s1. The van der Waals surface area contributed by atoms with Crippen molar-refractivity contribution in [1.29, 1.82) is 0 Å². The molecule has 0 aromatic heterocycles. The summed E-state index contributed by atoms with van der Waals surface area (Å²) in [7, 11) is 0. The molecule has 0 unspecified atom stereocenters. The topological polar surface area (TPSA) is 58.6 Å². The van der Waals surface area contributed by atoms with E-state index in [2.05, 4.69) is 35.1 Å². The van der Waals surface area contributed by atoms with Crippen LogP contribution in [0.25, 0.3) is 0 Å². The Morgan fingerprint density at radius 2 is 1.73 bits per heavy atom. The Morgan fingerprint density at radius 1 is 1.00 bits per heavy atom. The molecule has 3 rings (SSSR count). The van der Waals surface area contributed by atoms with Crippen molar-refractivity contribution in [3.8, 4) is 5.75 Å². The summed E-state index contributed by atoms with van der Waals surface area (Å²) in [6.45, 7) is 4.70. The minimum absolute atomic E-state index is 0.189. The summed E-state index contributed by atoms with van der Waals surface area (Å²) in [4.78, 5) is 28.7. The first-order chi connectivity index (χ1) is 17.9. The summed E-state index contributed by atoms with van der Waals surface area (Å²) >= 11 is 10.0. The Hall–Kier alpha value is -2.83. The first-order valence-electron chi connectivity index (χ1n) is 12.7. The number of halogens is 2. The van der Waals surface area contributed by atoms with E-state index in [4.69, 9.17) is 16.3 Å². The highest BCUT2D eigenvalue weighted by molar-refractivity contribution is 9.10. The summed E-state index contributed by atoms with van der Waals surface area (Å²) in [6.07, 6.45) is 3.11. The second-order valence-electron chi connectivity index (χ2n) is 8.87. The minimum Gasteiger partial charge on any atom is -0.483 e. The van der Waals surface area contributed by atoms with E-state index in [0.717, 1.165) is 40.4 Å². The molecule has 196 valence electrons. The number of aryl methyl sites for hydroxylation is 1. The number of nitrogens with one attached hydrogen (secondary N) is 1. The zero-order valence-electron chi connectivity index (χ0n) is 21.4. The second kappa shape index (κ2) is 14.8. The van der Waals surface area contributed by atoms with Gasteiger partial charge >= 0.3 is 0 Å². The average molecular weight is 586 g/mol. The van der Waals surface area contributed by atoms with Gasteiger partial charge in [0, 0.05) is 24.5 Å². The fourth-order valence-electron chi connectivity index (χ4n) is 3.97. The van der Waals surface area contributed by atoms with Crippen molar-refractivity contribution < 1.29 is 14.3 Å². The lowest BCUT2D eigenvalue weighted by atomic mass is 10.0. The van der Waals surface area contributed by atoms with E-state index in [-0.39, 0.29) is 25.0 Å². The van der Waals surface area contributed by atoms with Crippen molar-refractivity contribution in [3.05, 3.63) is 99.0 Å². The van der Waals surface area contributed by atoms with Crippen LogP contribution in [-0.2, 0) is 29.0 Å². The normalized spacial score (nSPS) is 11.6. The number of amides is 2. The monoisotopic (exact) mass is 584 g/mol. The highest BCUT2D eigenvalue weighted by atomic mass is 79.9. The van der Waals surface area contributed by atoms with Gasteiger partial charge in [0.2, 0.25) is 5.91 Å². The molecule has 5 nitrogen and oxygen atoms in total. The van der Waals surface area contributed by atoms with Crippen LogP contribution < -0.4 is 10.1 Å². The van der Waals surface area contributed by atoms with Crippen molar-refractivity contribution in [2.24, 2.45) is 0 Å². The Balaban J connectivity index is 1.90. The van der Waals surface area contributed by atoms with E-state index in [1.54, 1.807) is 11.0 Å². The molecule has 37 heavy (non-hydrogen) atoms. The van der Waals surface area contributed by atoms with Crippen molar-refractivity contribution in [2.75, 3.05) is 13.2 Å². The number of benzene rings is 3. The quantitative estimate of drug-likeness (QED) is 0.230. The smallest absolute Gasteiger partial charge is 0.261 e. The summed E-state index contributed by atoms with van der Waals surface area (Å²) < 4.78 is 6.71. The van der Waals surface area contributed by atoms with Crippen LogP contribution in [0.2, 0.25) is 5.02 Å². The molecule has 0 saturated carbocycles. The predicted molar refractivity (Wildman–Crippen MR) is 153 cm³/mol. The van der Waals surface area contributed by atoms with Crippen molar-refractivity contribution in [3.63, 3.8) is 0 Å². The molecule has 2 amide bonds. The molecule has 3 aromatic rings. The van der Waals surface area contributed by atoms with E-state index in [1.807, 2.05) is 66.7 Å². The Morgan fingerprint density at radius 3 is 2.41 bits per heavy atom. The Bertz CT molecular complexity index is 1170. The number of nitrogens with zero attached hydrogens (tertiary/aromatic N) is 1. The lowest BCUT2D eigenvalue weighted by Gasteiger charge is -2.31. The van der Waals surface area contributed by atoms with Crippen LogP contribution in [0.5, 0.6) is 5.75 Å². The van der Waals surface area contributed by atoms with Crippen LogP contribution in [-0.4, -0.2) is 35.9 Å². The number of hydrogen-bond acceptors (Lipinski definition) is 3. The summed E-state index contributed by atoms with van der Waals surface area (Å²) in [6, 6.07) is 22.2. The number of ether oxygens (including phenoxy) is 1. The predicted octanol–water partition coefficient (Wildman–Crippen LogP) is 6.60. The van der Waals surface area contributed by atoms with Crippen LogP contribution in [0.4, 0.5) is 0 Å². The Kier molecular flexibility index (Phi) is 11.5. The van der Waals surface area contributed by atoms with Gasteiger partial charge in [-0.3, -0.25) is 9.59 Å². The number of hydrogen-bond donors (Lipinski definition) is 1. The molecule has 0 aliphatic heterocycles. The van der Waals surface area contributed by atoms with Gasteiger partial charge in [0.1, 0.15) is 11.8 Å². The second-order valence-corrected chi connectivity index (χ2v) is 10.1. The third-order valence-corrected chi connectivity index (χ3v) is 7.14. The van der Waals surface area contributed by atoms with E-state index in [1.165, 1.54) is 0 Å². The van der Waals surface area contributed by atoms with Gasteiger partial charge in [-0.25, -0.2) is 0 Å². The molecule has 0 radical (unpaired) electrons. The van der Waals surface area contributed by atoms with E-state index < -0.39 is 6.04 Å². The third-order valence-electron chi connectivity index (χ3n) is 6.15. The van der Waals surface area contributed by atoms with Gasteiger partial charge in [-0.05, 0) is 63.7 Å². The SMILES string of the molecule is CCCCNC(=O)[C@@H](Cc1ccccc1)N(Cc1ccccc1Cl)C(=O)COc1ccc(CC)cc1Br. The van der Waals surface area contributed by atoms with E-state index in [9.17, 15) is 9.59 Å². The minimum atomic E-state index is -0.725. The molecule has 0 aliphatic rings. The molecule has 0 heterocycles. The lowest BCUT2D eigenvalue weighted by molar-refractivity contribution is -0.142. The van der Waals surface area contributed by atoms with E-state index >= 15 is 0 Å². The van der Waals surface area contributed by atoms with Gasteiger partial charge in [0.15, 0.2) is 6.61 Å². The number of unbranched alkanes of at least 4 members (excludes halogenated alkanes) is 1. The van der Waals surface area contributed by atoms with Gasteiger partial charge in [0.25, 0.3) is 5.91 Å². The zero-order valence-corrected chi connectivity index (χ0v) is 23.7. The molecular formula is C30H34BrClN2O3. The number of rotatable bonds is 13. The summed E-state index contributed by atoms with van der Waals surface area (Å²) in [5, 5.41) is 3.57. The Labute approximate surface area is 233 Å². The van der Waals surface area contributed by atoms with Crippen molar-refractivity contribution in [2.45, 2.75) is 52.1 Å². The van der Waals surface area contributed by atoms with Crippen molar-refractivity contribution in [1.82, 2.24) is 10.2 Å². The molecule has 3 aromatic carbocycles. The number of carbonyl (C=O) groups excluding carboxylic acids is 2. The van der Waals surface area contributed by atoms with Crippen molar-refractivity contribution >= 4 is 39.3 Å². The highest BCUT2D eigenvalue weighted by Crippen LogP contribution is 2.27. The molecule has 0 spiro atoms. The highest BCUT2D eigenvalue weighted by Gasteiger charge is 2.31. The lowest BCUT2D eigenvalue weighted by Crippen LogP contribution is -2.51. The molecule has 0 fully saturated rings. The van der Waals surface area contributed by atoms with Crippen LogP contribution in [0.3, 0.4) is 0 Å². The molecule has 0 aliphatic carbocycles. The maximum Gasteiger partial charge on any atom is 0.261 e. The zero-order chi connectivity index (χ0) is 26.6. The molecule has 0 bridgehead atoms. The maximum absolute atomic E-state index is 13.7.